The molecule has 0 atom stereocenters. The number of nitrogens with zero attached hydrogens (tertiary/aromatic N) is 4. The Morgan fingerprint density at radius 1 is 0.436 bits per heavy atom. The smallest absolute Gasteiger partial charge is 0.221 e. The minimum absolute atomic E-state index is 0.0280. The fraction of sp³-hybridized carbons (Fsp3) is 0.0588. The monoisotopic (exact) mass is 702 g/mol. The van der Waals surface area contributed by atoms with Gasteiger partial charge in [-0.25, -0.2) is 9.97 Å². The number of aromatic nitrogens is 4. The lowest BCUT2D eigenvalue weighted by molar-refractivity contribution is 0.660. The SMILES string of the molecule is CC1(C)c2ccccc2-c2ccc(-c3ccc(-c4ccc5c(c4)c4c6ccccc6ccc4n5-c4nc5ccccc5c5nc6ccccc6n45)cc3)cc21. The molecule has 258 valence electrons. The third-order valence-electron chi connectivity index (χ3n) is 12.1. The van der Waals surface area contributed by atoms with Crippen molar-refractivity contribution in [2.24, 2.45) is 0 Å². The molecule has 8 aromatic carbocycles. The Morgan fingerprint density at radius 3 is 1.93 bits per heavy atom. The molecule has 4 heteroatoms. The van der Waals surface area contributed by atoms with E-state index in [2.05, 4.69) is 193 Å². The van der Waals surface area contributed by atoms with Gasteiger partial charge in [0.25, 0.3) is 0 Å². The molecule has 0 saturated carbocycles. The average molecular weight is 703 g/mol. The molecule has 0 saturated heterocycles. The van der Waals surface area contributed by atoms with Crippen LogP contribution in [0.25, 0.3) is 99.5 Å². The van der Waals surface area contributed by atoms with Gasteiger partial charge in [-0.05, 0) is 104 Å². The predicted octanol–water partition coefficient (Wildman–Crippen LogP) is 12.9. The van der Waals surface area contributed by atoms with Gasteiger partial charge in [0.1, 0.15) is 5.65 Å². The Labute approximate surface area is 317 Å². The van der Waals surface area contributed by atoms with Gasteiger partial charge >= 0.3 is 0 Å². The molecule has 1 aliphatic carbocycles. The number of rotatable bonds is 3. The van der Waals surface area contributed by atoms with Crippen LogP contribution in [0.5, 0.6) is 0 Å². The Bertz CT molecular complexity index is 3400. The van der Waals surface area contributed by atoms with E-state index >= 15 is 0 Å². The summed E-state index contributed by atoms with van der Waals surface area (Å²) < 4.78 is 4.57. The summed E-state index contributed by atoms with van der Waals surface area (Å²) in [5.41, 5.74) is 16.4. The van der Waals surface area contributed by atoms with Crippen LogP contribution in [0, 0.1) is 0 Å². The zero-order valence-corrected chi connectivity index (χ0v) is 30.5. The van der Waals surface area contributed by atoms with Gasteiger partial charge in [-0.2, -0.15) is 0 Å². The van der Waals surface area contributed by atoms with Crippen molar-refractivity contribution in [3.8, 4) is 39.3 Å². The summed E-state index contributed by atoms with van der Waals surface area (Å²) in [6.07, 6.45) is 0. The Hall–Kier alpha value is -7.04. The van der Waals surface area contributed by atoms with Gasteiger partial charge in [0.05, 0.1) is 27.6 Å². The third kappa shape index (κ3) is 4.22. The molecule has 0 bridgehead atoms. The first kappa shape index (κ1) is 30.4. The summed E-state index contributed by atoms with van der Waals surface area (Å²) in [5.74, 6) is 0.829. The molecule has 0 amide bonds. The highest BCUT2D eigenvalue weighted by molar-refractivity contribution is 6.22. The summed E-state index contributed by atoms with van der Waals surface area (Å²) >= 11 is 0. The second kappa shape index (κ2) is 11.0. The predicted molar refractivity (Wildman–Crippen MR) is 228 cm³/mol. The first-order valence-electron chi connectivity index (χ1n) is 19.0. The van der Waals surface area contributed by atoms with Crippen LogP contribution in [0.15, 0.2) is 170 Å². The van der Waals surface area contributed by atoms with Crippen molar-refractivity contribution in [1.29, 1.82) is 0 Å². The van der Waals surface area contributed by atoms with E-state index in [9.17, 15) is 0 Å². The van der Waals surface area contributed by atoms with E-state index in [1.54, 1.807) is 0 Å². The van der Waals surface area contributed by atoms with Gasteiger partial charge in [-0.15, -0.1) is 0 Å². The first-order valence-corrected chi connectivity index (χ1v) is 19.0. The van der Waals surface area contributed by atoms with E-state index in [1.807, 2.05) is 0 Å². The normalized spacial score (nSPS) is 13.4. The van der Waals surface area contributed by atoms with Gasteiger partial charge < -0.3 is 0 Å². The second-order valence-electron chi connectivity index (χ2n) is 15.4. The van der Waals surface area contributed by atoms with Crippen LogP contribution < -0.4 is 0 Å². The van der Waals surface area contributed by atoms with E-state index < -0.39 is 0 Å². The van der Waals surface area contributed by atoms with Crippen LogP contribution in [-0.2, 0) is 5.41 Å². The molecule has 3 heterocycles. The highest BCUT2D eigenvalue weighted by atomic mass is 15.2. The minimum Gasteiger partial charge on any atom is -0.279 e. The highest BCUT2D eigenvalue weighted by Gasteiger charge is 2.35. The topological polar surface area (TPSA) is 35.1 Å². The fourth-order valence-corrected chi connectivity index (χ4v) is 9.40. The lowest BCUT2D eigenvalue weighted by atomic mass is 9.81. The van der Waals surface area contributed by atoms with Crippen LogP contribution in [0.3, 0.4) is 0 Å². The molecular formula is C51H34N4. The van der Waals surface area contributed by atoms with Crippen molar-refractivity contribution in [2.45, 2.75) is 19.3 Å². The van der Waals surface area contributed by atoms with E-state index in [-0.39, 0.29) is 5.41 Å². The minimum atomic E-state index is -0.0280. The van der Waals surface area contributed by atoms with Crippen molar-refractivity contribution in [3.05, 3.63) is 181 Å². The molecule has 0 radical (unpaired) electrons. The molecule has 0 unspecified atom stereocenters. The summed E-state index contributed by atoms with van der Waals surface area (Å²) in [6.45, 7) is 4.69. The molecular weight excluding hydrogens is 669 g/mol. The van der Waals surface area contributed by atoms with Crippen LogP contribution in [0.4, 0.5) is 0 Å². The van der Waals surface area contributed by atoms with Gasteiger partial charge in [0, 0.05) is 21.6 Å². The van der Waals surface area contributed by atoms with Crippen LogP contribution in [0.2, 0.25) is 0 Å². The van der Waals surface area contributed by atoms with E-state index in [4.69, 9.17) is 9.97 Å². The zero-order chi connectivity index (χ0) is 36.4. The molecule has 0 N–H and O–H groups in total. The molecule has 11 aromatic rings. The molecule has 0 aliphatic heterocycles. The number of para-hydroxylation sites is 3. The van der Waals surface area contributed by atoms with Gasteiger partial charge in [-0.1, -0.05) is 135 Å². The van der Waals surface area contributed by atoms with Crippen LogP contribution in [0.1, 0.15) is 25.0 Å². The first-order chi connectivity index (χ1) is 27.0. The lowest BCUT2D eigenvalue weighted by Gasteiger charge is -2.22. The number of hydrogen-bond acceptors (Lipinski definition) is 2. The Balaban J connectivity index is 1.05. The van der Waals surface area contributed by atoms with Crippen molar-refractivity contribution in [1.82, 2.24) is 18.9 Å². The zero-order valence-electron chi connectivity index (χ0n) is 30.5. The van der Waals surface area contributed by atoms with Gasteiger partial charge in [0.15, 0.2) is 0 Å². The molecule has 0 spiro atoms. The maximum absolute atomic E-state index is 5.40. The number of benzene rings is 8. The van der Waals surface area contributed by atoms with Gasteiger partial charge in [0.2, 0.25) is 5.95 Å². The van der Waals surface area contributed by atoms with E-state index in [0.29, 0.717) is 0 Å². The summed E-state index contributed by atoms with van der Waals surface area (Å²) in [5, 5.41) is 5.90. The fourth-order valence-electron chi connectivity index (χ4n) is 9.40. The number of imidazole rings is 1. The average Bonchev–Trinajstić information content (AvgIpc) is 3.87. The third-order valence-corrected chi connectivity index (χ3v) is 12.1. The van der Waals surface area contributed by atoms with E-state index in [0.717, 1.165) is 44.6 Å². The molecule has 0 fully saturated rings. The Kier molecular flexibility index (Phi) is 6.09. The maximum atomic E-state index is 5.40. The van der Waals surface area contributed by atoms with Crippen molar-refractivity contribution < 1.29 is 0 Å². The van der Waals surface area contributed by atoms with Crippen LogP contribution in [-0.4, -0.2) is 18.9 Å². The van der Waals surface area contributed by atoms with Crippen molar-refractivity contribution in [2.75, 3.05) is 0 Å². The maximum Gasteiger partial charge on any atom is 0.221 e. The largest absolute Gasteiger partial charge is 0.279 e. The number of hydrogen-bond donors (Lipinski definition) is 0. The summed E-state index contributed by atoms with van der Waals surface area (Å²) in [7, 11) is 0. The van der Waals surface area contributed by atoms with Gasteiger partial charge in [-0.3, -0.25) is 8.97 Å². The summed E-state index contributed by atoms with van der Waals surface area (Å²) in [4.78, 5) is 10.5. The van der Waals surface area contributed by atoms with Crippen molar-refractivity contribution >= 4 is 60.2 Å². The summed E-state index contributed by atoms with van der Waals surface area (Å²) in [6, 6.07) is 61.7. The Morgan fingerprint density at radius 2 is 1.07 bits per heavy atom. The number of fused-ring (bicyclic) bond motifs is 13. The lowest BCUT2D eigenvalue weighted by Crippen LogP contribution is -2.14. The van der Waals surface area contributed by atoms with Crippen molar-refractivity contribution in [3.63, 3.8) is 0 Å². The quantitative estimate of drug-likeness (QED) is 0.184. The molecule has 1 aliphatic rings. The highest BCUT2D eigenvalue weighted by Crippen LogP contribution is 2.49. The second-order valence-corrected chi connectivity index (χ2v) is 15.4. The molecule has 4 nitrogen and oxygen atoms in total. The molecule has 3 aromatic heterocycles. The molecule has 12 rings (SSSR count). The standard InChI is InChI=1S/C51H34N4/c1-51(2)41-15-7-5-13-37(41)38-26-23-35(30-42(38)51)32-21-19-31(20-22-32)34-25-27-45-40(29-34)48-36-12-4-3-11-33(36)24-28-47(48)54(45)50-53-43-16-8-6-14-39(43)49-52-44-17-9-10-18-46(44)55(49)50/h3-30H,1-2H3. The molecule has 55 heavy (non-hydrogen) atoms. The van der Waals surface area contributed by atoms with E-state index in [1.165, 1.54) is 66.1 Å². The van der Waals surface area contributed by atoms with Crippen LogP contribution >= 0.6 is 0 Å².